The normalized spacial score (nSPS) is 15.2. The summed E-state index contributed by atoms with van der Waals surface area (Å²) in [4.78, 5) is 9.67. The molecule has 98 valence electrons. The zero-order chi connectivity index (χ0) is 13.2. The van der Waals surface area contributed by atoms with Crippen LogP contribution in [0, 0.1) is 4.77 Å². The van der Waals surface area contributed by atoms with Gasteiger partial charge in [-0.2, -0.15) is 0 Å². The standard InChI is InChI=1S/C14H16N4S/c15-13-11-6-7-18(8-10-4-2-1-3-5-10)9-12(11)16-14(19)17-13/h1-5H,6-9H2,(H3,15,16,17,19). The summed E-state index contributed by atoms with van der Waals surface area (Å²) in [5.74, 6) is 0.582. The van der Waals surface area contributed by atoms with Gasteiger partial charge >= 0.3 is 0 Å². The lowest BCUT2D eigenvalue weighted by atomic mass is 10.0. The fraction of sp³-hybridized carbons (Fsp3) is 0.286. The van der Waals surface area contributed by atoms with Gasteiger partial charge in [-0.15, -0.1) is 0 Å². The third-order valence-electron chi connectivity index (χ3n) is 3.46. The maximum Gasteiger partial charge on any atom is 0.198 e. The number of nitrogens with two attached hydrogens (primary N) is 1. The van der Waals surface area contributed by atoms with Gasteiger partial charge < -0.3 is 10.7 Å². The van der Waals surface area contributed by atoms with E-state index >= 15 is 0 Å². The third-order valence-corrected chi connectivity index (χ3v) is 3.66. The van der Waals surface area contributed by atoms with E-state index in [-0.39, 0.29) is 0 Å². The van der Waals surface area contributed by atoms with Gasteiger partial charge in [0, 0.05) is 30.9 Å². The average Bonchev–Trinajstić information content (AvgIpc) is 2.39. The van der Waals surface area contributed by atoms with Crippen molar-refractivity contribution in [3.05, 3.63) is 51.9 Å². The molecule has 2 heterocycles. The van der Waals surface area contributed by atoms with Crippen LogP contribution in [-0.4, -0.2) is 21.4 Å². The first kappa shape index (κ1) is 12.3. The number of fused-ring (bicyclic) bond motifs is 1. The highest BCUT2D eigenvalue weighted by Crippen LogP contribution is 2.22. The van der Waals surface area contributed by atoms with Gasteiger partial charge in [0.2, 0.25) is 0 Å². The molecule has 0 bridgehead atoms. The Morgan fingerprint density at radius 3 is 2.89 bits per heavy atom. The number of benzene rings is 1. The number of hydrogen-bond donors (Lipinski definition) is 2. The van der Waals surface area contributed by atoms with Crippen LogP contribution in [-0.2, 0) is 19.5 Å². The predicted molar refractivity (Wildman–Crippen MR) is 78.1 cm³/mol. The van der Waals surface area contributed by atoms with E-state index in [4.69, 9.17) is 18.0 Å². The van der Waals surface area contributed by atoms with E-state index < -0.39 is 0 Å². The van der Waals surface area contributed by atoms with Gasteiger partial charge in [0.1, 0.15) is 5.82 Å². The van der Waals surface area contributed by atoms with Crippen LogP contribution in [0.1, 0.15) is 16.8 Å². The van der Waals surface area contributed by atoms with Crippen molar-refractivity contribution in [3.8, 4) is 0 Å². The summed E-state index contributed by atoms with van der Waals surface area (Å²) < 4.78 is 0.470. The number of aromatic amines is 1. The second kappa shape index (κ2) is 5.11. The van der Waals surface area contributed by atoms with E-state index in [9.17, 15) is 0 Å². The molecular formula is C14H16N4S. The molecule has 3 rings (SSSR count). The molecule has 1 aromatic heterocycles. The van der Waals surface area contributed by atoms with Crippen LogP contribution in [0.3, 0.4) is 0 Å². The molecular weight excluding hydrogens is 256 g/mol. The highest BCUT2D eigenvalue weighted by atomic mass is 32.1. The summed E-state index contributed by atoms with van der Waals surface area (Å²) in [6.45, 7) is 2.79. The molecule has 0 spiro atoms. The minimum absolute atomic E-state index is 0.470. The smallest absolute Gasteiger partial charge is 0.198 e. The molecule has 0 saturated carbocycles. The quantitative estimate of drug-likeness (QED) is 0.824. The van der Waals surface area contributed by atoms with E-state index in [0.29, 0.717) is 10.6 Å². The van der Waals surface area contributed by atoms with Crippen molar-refractivity contribution in [2.45, 2.75) is 19.5 Å². The van der Waals surface area contributed by atoms with Crippen molar-refractivity contribution in [1.29, 1.82) is 0 Å². The number of hydrogen-bond acceptors (Lipinski definition) is 4. The number of H-pyrrole nitrogens is 1. The van der Waals surface area contributed by atoms with Gasteiger partial charge in [0.05, 0.1) is 0 Å². The summed E-state index contributed by atoms with van der Waals surface area (Å²) in [5.41, 5.74) is 9.48. The third kappa shape index (κ3) is 2.67. The van der Waals surface area contributed by atoms with Crippen LogP contribution in [0.25, 0.3) is 0 Å². The van der Waals surface area contributed by atoms with Gasteiger partial charge in [-0.3, -0.25) is 4.90 Å². The molecule has 1 aliphatic heterocycles. The molecule has 4 nitrogen and oxygen atoms in total. The molecule has 2 aromatic rings. The number of nitrogen functional groups attached to an aromatic ring is 1. The number of rotatable bonds is 2. The highest BCUT2D eigenvalue weighted by Gasteiger charge is 2.19. The molecule has 0 saturated heterocycles. The van der Waals surface area contributed by atoms with Gasteiger partial charge in [0.25, 0.3) is 0 Å². The zero-order valence-corrected chi connectivity index (χ0v) is 11.4. The van der Waals surface area contributed by atoms with E-state index in [1.54, 1.807) is 0 Å². The molecule has 1 aromatic carbocycles. The summed E-state index contributed by atoms with van der Waals surface area (Å²) in [6.07, 6.45) is 0.924. The Hall–Kier alpha value is -1.72. The molecule has 0 unspecified atom stereocenters. The zero-order valence-electron chi connectivity index (χ0n) is 10.6. The summed E-state index contributed by atoms with van der Waals surface area (Å²) in [7, 11) is 0. The lowest BCUT2D eigenvalue weighted by Gasteiger charge is -2.28. The molecule has 0 radical (unpaired) electrons. The summed E-state index contributed by atoms with van der Waals surface area (Å²) in [6, 6.07) is 10.5. The second-order valence-electron chi connectivity index (χ2n) is 4.83. The van der Waals surface area contributed by atoms with Gasteiger partial charge in [-0.1, -0.05) is 30.3 Å². The van der Waals surface area contributed by atoms with Crippen molar-refractivity contribution < 1.29 is 0 Å². The molecule has 19 heavy (non-hydrogen) atoms. The lowest BCUT2D eigenvalue weighted by molar-refractivity contribution is 0.241. The van der Waals surface area contributed by atoms with Gasteiger partial charge in [0.15, 0.2) is 4.77 Å². The number of anilines is 1. The molecule has 0 aliphatic carbocycles. The minimum Gasteiger partial charge on any atom is -0.383 e. The minimum atomic E-state index is 0.470. The largest absolute Gasteiger partial charge is 0.383 e. The molecule has 0 atom stereocenters. The SMILES string of the molecule is Nc1nc(=S)[nH]c2c1CCN(Cc1ccccc1)C2. The first-order valence-corrected chi connectivity index (χ1v) is 6.77. The molecule has 3 N–H and O–H groups in total. The maximum atomic E-state index is 5.92. The molecule has 5 heteroatoms. The number of nitrogens with one attached hydrogen (secondary N) is 1. The highest BCUT2D eigenvalue weighted by molar-refractivity contribution is 7.71. The Labute approximate surface area is 117 Å². The van der Waals surface area contributed by atoms with Gasteiger partial charge in [-0.25, -0.2) is 4.98 Å². The van der Waals surface area contributed by atoms with Crippen molar-refractivity contribution in [2.75, 3.05) is 12.3 Å². The van der Waals surface area contributed by atoms with E-state index in [1.165, 1.54) is 5.56 Å². The Balaban J connectivity index is 1.81. The Morgan fingerprint density at radius 1 is 1.32 bits per heavy atom. The average molecular weight is 272 g/mol. The molecule has 1 aliphatic rings. The van der Waals surface area contributed by atoms with Gasteiger partial charge in [-0.05, 0) is 24.2 Å². The predicted octanol–water partition coefficient (Wildman–Crippen LogP) is 2.28. The first-order chi connectivity index (χ1) is 9.22. The van der Waals surface area contributed by atoms with E-state index in [2.05, 4.69) is 39.1 Å². The molecule has 0 amide bonds. The monoisotopic (exact) mass is 272 g/mol. The van der Waals surface area contributed by atoms with Crippen LogP contribution >= 0.6 is 12.2 Å². The second-order valence-corrected chi connectivity index (χ2v) is 5.22. The van der Waals surface area contributed by atoms with Crippen LogP contribution in [0.4, 0.5) is 5.82 Å². The Morgan fingerprint density at radius 2 is 2.11 bits per heavy atom. The number of nitrogens with zero attached hydrogens (tertiary/aromatic N) is 2. The van der Waals surface area contributed by atoms with Crippen molar-refractivity contribution in [2.24, 2.45) is 0 Å². The van der Waals surface area contributed by atoms with Crippen LogP contribution in [0.5, 0.6) is 0 Å². The van der Waals surface area contributed by atoms with E-state index in [1.807, 2.05) is 6.07 Å². The van der Waals surface area contributed by atoms with Crippen molar-refractivity contribution in [3.63, 3.8) is 0 Å². The summed E-state index contributed by atoms with van der Waals surface area (Å²) in [5, 5.41) is 0. The van der Waals surface area contributed by atoms with E-state index in [0.717, 1.165) is 37.3 Å². The summed E-state index contributed by atoms with van der Waals surface area (Å²) >= 11 is 5.09. The van der Waals surface area contributed by atoms with Crippen molar-refractivity contribution in [1.82, 2.24) is 14.9 Å². The topological polar surface area (TPSA) is 57.9 Å². The fourth-order valence-corrected chi connectivity index (χ4v) is 2.75. The Bertz CT molecular complexity index is 636. The van der Waals surface area contributed by atoms with Crippen LogP contribution in [0.15, 0.2) is 30.3 Å². The first-order valence-electron chi connectivity index (χ1n) is 6.36. The lowest BCUT2D eigenvalue weighted by Crippen LogP contribution is -2.31. The fourth-order valence-electron chi connectivity index (χ4n) is 2.53. The Kier molecular flexibility index (Phi) is 3.31. The van der Waals surface area contributed by atoms with Crippen LogP contribution in [0.2, 0.25) is 0 Å². The molecule has 0 fully saturated rings. The van der Waals surface area contributed by atoms with Crippen LogP contribution < -0.4 is 5.73 Å². The van der Waals surface area contributed by atoms with Crippen molar-refractivity contribution >= 4 is 18.0 Å². The number of aromatic nitrogens is 2. The maximum absolute atomic E-state index is 5.92.